The van der Waals surface area contributed by atoms with E-state index in [0.717, 1.165) is 0 Å². The lowest BCUT2D eigenvalue weighted by Gasteiger charge is -2.26. The van der Waals surface area contributed by atoms with Crippen molar-refractivity contribution in [3.8, 4) is 0 Å². The first-order valence-electron chi connectivity index (χ1n) is 8.00. The number of hydrogen-bond donors (Lipinski definition) is 0. The molecule has 1 amide bonds. The molecule has 1 aromatic carbocycles. The van der Waals surface area contributed by atoms with Crippen molar-refractivity contribution in [3.05, 3.63) is 46.5 Å². The number of carbonyl (C=O) groups is 2. The Hall–Kier alpha value is -2.63. The Balaban J connectivity index is 2.39. The van der Waals surface area contributed by atoms with Crippen LogP contribution in [0.5, 0.6) is 0 Å². The third kappa shape index (κ3) is 3.64. The molecule has 0 aliphatic heterocycles. The lowest BCUT2D eigenvalue weighted by molar-refractivity contribution is -0.148. The van der Waals surface area contributed by atoms with E-state index in [-0.39, 0.29) is 12.4 Å². The molecular formula is C18H21NO5. The van der Waals surface area contributed by atoms with Crippen LogP contribution in [0.3, 0.4) is 0 Å². The van der Waals surface area contributed by atoms with Crippen LogP contribution in [0.2, 0.25) is 0 Å². The van der Waals surface area contributed by atoms with Crippen LogP contribution in [-0.2, 0) is 9.53 Å². The molecule has 0 bridgehead atoms. The summed E-state index contributed by atoms with van der Waals surface area (Å²) in [6.45, 7) is 5.80. The predicted molar refractivity (Wildman–Crippen MR) is 89.9 cm³/mol. The number of benzene rings is 1. The van der Waals surface area contributed by atoms with Gasteiger partial charge in [0.05, 0.1) is 12.0 Å². The highest BCUT2D eigenvalue weighted by molar-refractivity contribution is 5.97. The summed E-state index contributed by atoms with van der Waals surface area (Å²) in [5.41, 5.74) is -0.573. The second kappa shape index (κ2) is 7.77. The minimum Gasteiger partial charge on any atom is -0.464 e. The molecule has 0 N–H and O–H groups in total. The van der Waals surface area contributed by atoms with Crippen molar-refractivity contribution in [1.29, 1.82) is 0 Å². The van der Waals surface area contributed by atoms with Crippen molar-refractivity contribution in [1.82, 2.24) is 4.90 Å². The summed E-state index contributed by atoms with van der Waals surface area (Å²) in [4.78, 5) is 38.2. The smallest absolute Gasteiger partial charge is 0.344 e. The highest BCUT2D eigenvalue weighted by Gasteiger charge is 2.29. The van der Waals surface area contributed by atoms with Gasteiger partial charge in [0.15, 0.2) is 5.76 Å². The Morgan fingerprint density at radius 1 is 1.25 bits per heavy atom. The molecule has 0 aliphatic carbocycles. The fourth-order valence-corrected chi connectivity index (χ4v) is 2.48. The van der Waals surface area contributed by atoms with Crippen molar-refractivity contribution in [2.45, 2.75) is 33.2 Å². The van der Waals surface area contributed by atoms with Gasteiger partial charge in [0.25, 0.3) is 5.91 Å². The van der Waals surface area contributed by atoms with Gasteiger partial charge in [0.1, 0.15) is 6.04 Å². The minimum absolute atomic E-state index is 0.0803. The third-order valence-corrected chi connectivity index (χ3v) is 3.70. The van der Waals surface area contributed by atoms with Gasteiger partial charge in [-0.15, -0.1) is 0 Å². The first kappa shape index (κ1) is 17.7. The molecule has 2 aromatic rings. The van der Waals surface area contributed by atoms with Crippen LogP contribution < -0.4 is 5.63 Å². The van der Waals surface area contributed by atoms with Crippen LogP contribution in [0.15, 0.2) is 39.5 Å². The molecule has 0 saturated heterocycles. The Morgan fingerprint density at radius 2 is 1.96 bits per heavy atom. The fourth-order valence-electron chi connectivity index (χ4n) is 2.48. The van der Waals surface area contributed by atoms with Crippen LogP contribution in [0.25, 0.3) is 10.8 Å². The van der Waals surface area contributed by atoms with Gasteiger partial charge in [-0.2, -0.15) is 0 Å². The van der Waals surface area contributed by atoms with Gasteiger partial charge in [0.2, 0.25) is 0 Å². The fraction of sp³-hybridized carbons (Fsp3) is 0.389. The summed E-state index contributed by atoms with van der Waals surface area (Å²) in [6.07, 6.45) is 0.660. The number of hydrogen-bond acceptors (Lipinski definition) is 5. The average Bonchev–Trinajstić information content (AvgIpc) is 2.58. The van der Waals surface area contributed by atoms with Gasteiger partial charge in [0, 0.05) is 6.54 Å². The van der Waals surface area contributed by atoms with Crippen LogP contribution in [0.1, 0.15) is 37.7 Å². The molecule has 0 fully saturated rings. The number of fused-ring (bicyclic) bond motifs is 1. The standard InChI is InChI=1S/C18H21NO5/c1-4-10-19(12(3)17(21)23-5-2)16(20)15-11-13-8-6-7-9-14(13)18(22)24-15/h6-9,11-12H,4-5,10H2,1-3H3. The van der Waals surface area contributed by atoms with Gasteiger partial charge < -0.3 is 14.1 Å². The second-order valence-electron chi connectivity index (χ2n) is 5.41. The molecule has 1 unspecified atom stereocenters. The first-order chi connectivity index (χ1) is 11.5. The van der Waals surface area contributed by atoms with Gasteiger partial charge >= 0.3 is 11.6 Å². The lowest BCUT2D eigenvalue weighted by atomic mass is 10.1. The van der Waals surface area contributed by atoms with Crippen molar-refractivity contribution in [2.75, 3.05) is 13.2 Å². The van der Waals surface area contributed by atoms with E-state index in [2.05, 4.69) is 0 Å². The number of rotatable bonds is 6. The molecule has 24 heavy (non-hydrogen) atoms. The number of ether oxygens (including phenoxy) is 1. The van der Waals surface area contributed by atoms with E-state index in [9.17, 15) is 14.4 Å². The van der Waals surface area contributed by atoms with Crippen LogP contribution in [0, 0.1) is 0 Å². The molecule has 1 aromatic heterocycles. The predicted octanol–water partition coefficient (Wildman–Crippen LogP) is 2.60. The summed E-state index contributed by atoms with van der Waals surface area (Å²) in [6, 6.07) is 7.66. The van der Waals surface area contributed by atoms with Crippen LogP contribution in [-0.4, -0.2) is 36.0 Å². The maximum Gasteiger partial charge on any atom is 0.344 e. The van der Waals surface area contributed by atoms with Crippen molar-refractivity contribution in [2.24, 2.45) is 0 Å². The molecule has 1 heterocycles. The normalized spacial score (nSPS) is 12.0. The lowest BCUT2D eigenvalue weighted by Crippen LogP contribution is -2.44. The molecule has 0 aliphatic rings. The molecule has 6 heteroatoms. The summed E-state index contributed by atoms with van der Waals surface area (Å²) in [5.74, 6) is -1.06. The molecule has 2 rings (SSSR count). The number of esters is 1. The molecule has 0 radical (unpaired) electrons. The van der Waals surface area contributed by atoms with Gasteiger partial charge in [-0.05, 0) is 37.8 Å². The molecule has 1 atom stereocenters. The van der Waals surface area contributed by atoms with E-state index in [1.165, 1.54) is 11.0 Å². The average molecular weight is 331 g/mol. The van der Waals surface area contributed by atoms with E-state index in [4.69, 9.17) is 9.15 Å². The van der Waals surface area contributed by atoms with E-state index in [1.807, 2.05) is 6.92 Å². The van der Waals surface area contributed by atoms with Gasteiger partial charge in [-0.1, -0.05) is 25.1 Å². The third-order valence-electron chi connectivity index (χ3n) is 3.70. The zero-order valence-electron chi connectivity index (χ0n) is 14.1. The maximum atomic E-state index is 12.8. The topological polar surface area (TPSA) is 76.8 Å². The Morgan fingerprint density at radius 3 is 2.62 bits per heavy atom. The molecule has 128 valence electrons. The van der Waals surface area contributed by atoms with E-state index < -0.39 is 23.5 Å². The maximum absolute atomic E-state index is 12.8. The van der Waals surface area contributed by atoms with E-state index in [1.54, 1.807) is 38.1 Å². The van der Waals surface area contributed by atoms with Crippen molar-refractivity contribution >= 4 is 22.6 Å². The largest absolute Gasteiger partial charge is 0.464 e. The Bertz CT molecular complexity index is 795. The monoisotopic (exact) mass is 331 g/mol. The number of amides is 1. The SMILES string of the molecule is CCCN(C(=O)c1cc2ccccc2c(=O)o1)C(C)C(=O)OCC. The second-order valence-corrected chi connectivity index (χ2v) is 5.41. The highest BCUT2D eigenvalue weighted by atomic mass is 16.5. The highest BCUT2D eigenvalue weighted by Crippen LogP contribution is 2.15. The van der Waals surface area contributed by atoms with Crippen LogP contribution in [0.4, 0.5) is 0 Å². The summed E-state index contributed by atoms with van der Waals surface area (Å²) >= 11 is 0. The quantitative estimate of drug-likeness (QED) is 0.760. The summed E-state index contributed by atoms with van der Waals surface area (Å²) < 4.78 is 10.2. The number of carbonyl (C=O) groups excluding carboxylic acids is 2. The van der Waals surface area contributed by atoms with Crippen molar-refractivity contribution < 1.29 is 18.7 Å². The first-order valence-corrected chi connectivity index (χ1v) is 8.00. The molecule has 0 spiro atoms. The zero-order valence-corrected chi connectivity index (χ0v) is 14.1. The van der Waals surface area contributed by atoms with Gasteiger partial charge in [-0.25, -0.2) is 9.59 Å². The summed E-state index contributed by atoms with van der Waals surface area (Å²) in [5, 5.41) is 1.03. The number of nitrogens with zero attached hydrogens (tertiary/aromatic N) is 1. The van der Waals surface area contributed by atoms with E-state index in [0.29, 0.717) is 23.7 Å². The minimum atomic E-state index is -0.755. The Labute approximate surface area is 140 Å². The van der Waals surface area contributed by atoms with Gasteiger partial charge in [-0.3, -0.25) is 4.79 Å². The molecule has 0 saturated carbocycles. The zero-order chi connectivity index (χ0) is 17.7. The molecule has 6 nitrogen and oxygen atoms in total. The van der Waals surface area contributed by atoms with Crippen LogP contribution >= 0.6 is 0 Å². The Kier molecular flexibility index (Phi) is 5.73. The van der Waals surface area contributed by atoms with E-state index >= 15 is 0 Å². The van der Waals surface area contributed by atoms with Crippen molar-refractivity contribution in [3.63, 3.8) is 0 Å². The molecular weight excluding hydrogens is 310 g/mol. The summed E-state index contributed by atoms with van der Waals surface area (Å²) in [7, 11) is 0.